The van der Waals surface area contributed by atoms with Crippen molar-refractivity contribution < 1.29 is 76.4 Å². The average Bonchev–Trinajstić information content (AvgIpc) is 3.35. The fourth-order valence-corrected chi connectivity index (χ4v) is 7.33. The van der Waals surface area contributed by atoms with Crippen LogP contribution in [0.5, 0.6) is 0 Å². The van der Waals surface area contributed by atoms with Gasteiger partial charge >= 0.3 is 23.9 Å². The first-order chi connectivity index (χ1) is 35.2. The number of hydrogen-bond donors (Lipinski definition) is 6. The van der Waals surface area contributed by atoms with Gasteiger partial charge in [0.15, 0.2) is 0 Å². The number of likely N-dealkylation sites (N-methyl/N-ethyl adjacent to an activating group) is 1. The van der Waals surface area contributed by atoms with E-state index < -0.39 is 145 Å². The van der Waals surface area contributed by atoms with E-state index in [-0.39, 0.29) is 24.4 Å². The first kappa shape index (κ1) is 63.7. The molecule has 0 bridgehead atoms. The molecule has 7 amide bonds. The summed E-state index contributed by atoms with van der Waals surface area (Å²) in [5, 5.41) is 15.2. The molecule has 2 rings (SSSR count). The van der Waals surface area contributed by atoms with E-state index in [1.807, 2.05) is 43.3 Å². The van der Waals surface area contributed by atoms with Crippen molar-refractivity contribution in [2.24, 2.45) is 23.7 Å². The number of ether oxygens (including phenoxy) is 5. The van der Waals surface area contributed by atoms with E-state index in [1.54, 1.807) is 34.0 Å². The molecule has 0 radical (unpaired) electrons. The van der Waals surface area contributed by atoms with Crippen molar-refractivity contribution in [3.8, 4) is 0 Å². The number of allylic oxidation sites excluding steroid dienone is 2. The normalized spacial score (nSPS) is 24.4. The molecule has 1 aromatic rings. The second-order valence-electron chi connectivity index (χ2n) is 18.7. The molecule has 1 aliphatic rings. The van der Waals surface area contributed by atoms with Crippen molar-refractivity contribution in [3.05, 3.63) is 72.0 Å². The van der Waals surface area contributed by atoms with E-state index >= 15 is 0 Å². The Morgan fingerprint density at radius 2 is 1.27 bits per heavy atom. The summed E-state index contributed by atoms with van der Waals surface area (Å²) in [6, 6.07) is 1.14. The second kappa shape index (κ2) is 31.3. The van der Waals surface area contributed by atoms with Crippen LogP contribution in [-0.2, 0) is 82.8 Å². The van der Waals surface area contributed by atoms with E-state index in [0.717, 1.165) is 24.3 Å². The number of benzene rings is 1. The summed E-state index contributed by atoms with van der Waals surface area (Å²) in [5.41, 5.74) is 1.34. The molecule has 1 aromatic carbocycles. The van der Waals surface area contributed by atoms with E-state index in [2.05, 4.69) is 38.5 Å². The summed E-state index contributed by atoms with van der Waals surface area (Å²) in [6.07, 6.45) is 4.62. The van der Waals surface area contributed by atoms with Crippen LogP contribution in [0.15, 0.2) is 66.4 Å². The first-order valence-electron chi connectivity index (χ1n) is 24.5. The molecule has 75 heavy (non-hydrogen) atoms. The summed E-state index contributed by atoms with van der Waals surface area (Å²) in [6.45, 7) is 16.7. The zero-order valence-electron chi connectivity index (χ0n) is 44.9. The van der Waals surface area contributed by atoms with Gasteiger partial charge in [-0.05, 0) is 51.5 Å². The minimum Gasteiger partial charge on any atom is -0.428 e. The topological polar surface area (TPSA) is 309 Å². The van der Waals surface area contributed by atoms with Crippen LogP contribution >= 0.6 is 0 Å². The van der Waals surface area contributed by atoms with Crippen molar-refractivity contribution in [1.29, 1.82) is 0 Å². The summed E-state index contributed by atoms with van der Waals surface area (Å²) < 4.78 is 25.5. The Morgan fingerprint density at radius 3 is 1.84 bits per heavy atom. The van der Waals surface area contributed by atoms with E-state index in [0.29, 0.717) is 12.0 Å². The largest absolute Gasteiger partial charge is 0.428 e. The van der Waals surface area contributed by atoms with Crippen molar-refractivity contribution in [2.75, 3.05) is 27.7 Å². The predicted octanol–water partition coefficient (Wildman–Crippen LogP) is 1.54. The number of esters is 4. The lowest BCUT2D eigenvalue weighted by molar-refractivity contribution is -0.170. The number of nitrogens with zero attached hydrogens (tertiary/aromatic N) is 1. The van der Waals surface area contributed by atoms with Crippen LogP contribution in [0.25, 0.3) is 0 Å². The molecule has 1 fully saturated rings. The lowest BCUT2D eigenvalue weighted by Crippen LogP contribution is -2.59. The van der Waals surface area contributed by atoms with Crippen LogP contribution in [0.4, 0.5) is 0 Å². The Bertz CT molecular complexity index is 2280. The van der Waals surface area contributed by atoms with Gasteiger partial charge in [0, 0.05) is 40.3 Å². The fraction of sp³-hybridized carbons (Fsp3) is 0.558. The number of carbonyl (C=O) groups excluding carboxylic acids is 11. The van der Waals surface area contributed by atoms with Crippen LogP contribution in [-0.4, -0.2) is 140 Å². The molecule has 0 unspecified atom stereocenters. The summed E-state index contributed by atoms with van der Waals surface area (Å²) in [7, 11) is 2.82. The van der Waals surface area contributed by atoms with Gasteiger partial charge in [-0.1, -0.05) is 95.3 Å². The van der Waals surface area contributed by atoms with Crippen molar-refractivity contribution in [3.63, 3.8) is 0 Å². The lowest BCUT2D eigenvalue weighted by Gasteiger charge is -2.28. The lowest BCUT2D eigenvalue weighted by atomic mass is 9.94. The number of rotatable bonds is 15. The number of nitrogens with one attached hydrogen (secondary N) is 6. The average molecular weight is 1050 g/mol. The summed E-state index contributed by atoms with van der Waals surface area (Å²) in [5.74, 6) is -13.1. The van der Waals surface area contributed by atoms with Gasteiger partial charge in [0.2, 0.25) is 49.0 Å². The number of amides is 7. The Morgan fingerprint density at radius 1 is 0.707 bits per heavy atom. The fourth-order valence-electron chi connectivity index (χ4n) is 7.33. The van der Waals surface area contributed by atoms with Crippen molar-refractivity contribution >= 4 is 65.2 Å². The molecule has 0 aliphatic carbocycles. The second-order valence-corrected chi connectivity index (χ2v) is 18.7. The van der Waals surface area contributed by atoms with Crippen molar-refractivity contribution in [2.45, 2.75) is 137 Å². The molecular weight excluding hydrogens is 979 g/mol. The Hall–Kier alpha value is -7.43. The zero-order valence-corrected chi connectivity index (χ0v) is 44.9. The predicted molar refractivity (Wildman–Crippen MR) is 270 cm³/mol. The highest BCUT2D eigenvalue weighted by Gasteiger charge is 2.38. The molecule has 1 saturated heterocycles. The first-order valence-corrected chi connectivity index (χ1v) is 24.5. The highest BCUT2D eigenvalue weighted by atomic mass is 16.7. The van der Waals surface area contributed by atoms with Crippen LogP contribution in [0, 0.1) is 23.7 Å². The van der Waals surface area contributed by atoms with Gasteiger partial charge in [-0.3, -0.25) is 43.2 Å². The van der Waals surface area contributed by atoms with E-state index in [1.165, 1.54) is 40.8 Å². The summed E-state index contributed by atoms with van der Waals surface area (Å²) >= 11 is 0. The minimum absolute atomic E-state index is 0.00482. The Balaban J connectivity index is 2.73. The van der Waals surface area contributed by atoms with Crippen molar-refractivity contribution in [1.82, 2.24) is 36.8 Å². The van der Waals surface area contributed by atoms with Gasteiger partial charge in [0.1, 0.15) is 35.9 Å². The van der Waals surface area contributed by atoms with E-state index in [4.69, 9.17) is 23.7 Å². The Labute approximate surface area is 438 Å². The highest BCUT2D eigenvalue weighted by molar-refractivity contribution is 6.00. The third kappa shape index (κ3) is 21.9. The molecule has 0 spiro atoms. The van der Waals surface area contributed by atoms with Gasteiger partial charge in [-0.25, -0.2) is 9.59 Å². The maximum atomic E-state index is 14.2. The quantitative estimate of drug-likeness (QED) is 0.0628. The van der Waals surface area contributed by atoms with Gasteiger partial charge in [-0.15, -0.1) is 0 Å². The number of hydrogen-bond acceptors (Lipinski definition) is 16. The standard InChI is InChI=1S/C52H75N7O16/c1-28(2)23-41-50(68)58-44(52(70)75-27-73-37(11)61)32(6)46(64)53-33(7)47(65)55-39(20-19-29(3)24-30(4)42(71-13)25-38-17-15-14-16-18-38)31(5)45(63)56-40(51(69)74-26-72-36(10)60)21-22-43(62)59(12)35(9)49(67)54-34(8)48(66)57-41/h14-20,24,28,30-34,39-42,44H,9,21-23,25-27H2,1-8,10-13H3,(H,53,64)(H,54,67)(H,55,65)(H,56,63)(H,57,66)(H,58,68)/b20-19+,29-24+/t30-,31-,32-,33-,34+,39-,40+,41-,42-,44+/m0/s1. The molecule has 10 atom stereocenters. The van der Waals surface area contributed by atoms with E-state index in [9.17, 15) is 52.7 Å². The van der Waals surface area contributed by atoms with Gasteiger partial charge in [0.05, 0.1) is 24.0 Å². The van der Waals surface area contributed by atoms with Gasteiger partial charge in [-0.2, -0.15) is 0 Å². The van der Waals surface area contributed by atoms with Crippen LogP contribution < -0.4 is 31.9 Å². The molecule has 0 saturated carbocycles. The maximum absolute atomic E-state index is 14.2. The maximum Gasteiger partial charge on any atom is 0.332 e. The Kier molecular flexibility index (Phi) is 26.6. The summed E-state index contributed by atoms with van der Waals surface area (Å²) in [4.78, 5) is 147. The molecule has 0 aromatic heterocycles. The van der Waals surface area contributed by atoms with Crippen LogP contribution in [0.2, 0.25) is 0 Å². The van der Waals surface area contributed by atoms with Crippen LogP contribution in [0.3, 0.4) is 0 Å². The molecular formula is C52H75N7O16. The molecule has 1 aliphatic heterocycles. The van der Waals surface area contributed by atoms with Crippen LogP contribution in [0.1, 0.15) is 94.1 Å². The zero-order chi connectivity index (χ0) is 56.7. The monoisotopic (exact) mass is 1050 g/mol. The van der Waals surface area contributed by atoms with Gasteiger partial charge in [0.25, 0.3) is 5.91 Å². The number of methoxy groups -OCH3 is 1. The molecule has 1 heterocycles. The molecule has 23 heteroatoms. The SMILES string of the molecule is C=C1C(=O)N[C@H](C)C(=O)N[C@@H](CC(C)C)C(=O)N[C@@H](C(=O)OCOC(C)=O)[C@H](C)C(=O)N[C@@H](C)C(=O)N[C@@H](/C=C/C(C)=C/[C@H](C)[C@H](Cc2ccccc2)OC)[C@H](C)C(=O)N[C@@H](C(=O)OCOC(C)=O)CCC(=O)N1C. The van der Waals surface area contributed by atoms with Gasteiger partial charge < -0.3 is 60.5 Å². The third-order valence-electron chi connectivity index (χ3n) is 12.0. The molecule has 414 valence electrons. The smallest absolute Gasteiger partial charge is 0.332 e. The number of carbonyl (C=O) groups is 11. The highest BCUT2D eigenvalue weighted by Crippen LogP contribution is 2.19. The third-order valence-corrected chi connectivity index (χ3v) is 12.0. The minimum atomic E-state index is -1.80. The molecule has 23 nitrogen and oxygen atoms in total. The molecule has 6 N–H and O–H groups in total.